The Balaban J connectivity index is 3.57. The van der Waals surface area contributed by atoms with E-state index < -0.39 is 15.9 Å². The molecule has 0 bridgehead atoms. The number of carbonyl (C=O) groups is 1. The zero-order chi connectivity index (χ0) is 9.61. The minimum Gasteiger partial charge on any atom is -0.333 e. The zero-order valence-electron chi connectivity index (χ0n) is 6.49. The molecular formula is C6H11NO4S. The monoisotopic (exact) mass is 193 g/mol. The fourth-order valence-corrected chi connectivity index (χ4v) is 1.11. The molecule has 12 heavy (non-hydrogen) atoms. The lowest BCUT2D eigenvalue weighted by molar-refractivity contribution is -0.120. The highest BCUT2D eigenvalue weighted by molar-refractivity contribution is 7.85. The van der Waals surface area contributed by atoms with Crippen LogP contribution in [0.4, 0.5) is 0 Å². The van der Waals surface area contributed by atoms with E-state index in [2.05, 4.69) is 11.9 Å². The van der Waals surface area contributed by atoms with Gasteiger partial charge in [0.25, 0.3) is 10.1 Å². The van der Waals surface area contributed by atoms with Crippen molar-refractivity contribution >= 4 is 16.0 Å². The maximum absolute atomic E-state index is 10.7. The molecule has 0 atom stereocenters. The first kappa shape index (κ1) is 11.1. The number of nitrogens with one attached hydrogen (secondary N) is 1. The Morgan fingerprint density at radius 1 is 1.58 bits per heavy atom. The van der Waals surface area contributed by atoms with Crippen LogP contribution in [0.25, 0.3) is 0 Å². The Morgan fingerprint density at radius 3 is 2.58 bits per heavy atom. The van der Waals surface area contributed by atoms with Gasteiger partial charge >= 0.3 is 0 Å². The molecule has 0 radical (unpaired) electrons. The molecular weight excluding hydrogens is 182 g/mol. The zero-order valence-corrected chi connectivity index (χ0v) is 7.30. The number of carbonyl (C=O) groups excluding carboxylic acids is 1. The molecule has 0 aromatic carbocycles. The van der Waals surface area contributed by atoms with Gasteiger partial charge < -0.3 is 5.32 Å². The number of rotatable bonds is 5. The molecule has 6 heteroatoms. The fourth-order valence-electron chi connectivity index (χ4n) is 0.601. The highest BCUT2D eigenvalue weighted by Gasteiger charge is 2.05. The molecule has 0 saturated heterocycles. The summed E-state index contributed by atoms with van der Waals surface area (Å²) < 4.78 is 28.6. The Kier molecular flexibility index (Phi) is 4.53. The van der Waals surface area contributed by atoms with E-state index >= 15 is 0 Å². The smallest absolute Gasteiger partial charge is 0.264 e. The predicted molar refractivity (Wildman–Crippen MR) is 44.0 cm³/mol. The SMILES string of the molecule is C=CNC(=O)CCCS(=O)(=O)O. The van der Waals surface area contributed by atoms with Crippen molar-refractivity contribution in [2.24, 2.45) is 0 Å². The molecule has 2 N–H and O–H groups in total. The summed E-state index contributed by atoms with van der Waals surface area (Å²) in [6, 6.07) is 0. The van der Waals surface area contributed by atoms with E-state index in [1.54, 1.807) is 0 Å². The number of hydrogen-bond acceptors (Lipinski definition) is 3. The van der Waals surface area contributed by atoms with Crippen molar-refractivity contribution in [3.63, 3.8) is 0 Å². The van der Waals surface area contributed by atoms with E-state index in [9.17, 15) is 13.2 Å². The van der Waals surface area contributed by atoms with Gasteiger partial charge in [0, 0.05) is 6.42 Å². The summed E-state index contributed by atoms with van der Waals surface area (Å²) in [6.45, 7) is 3.26. The van der Waals surface area contributed by atoms with E-state index in [1.807, 2.05) is 0 Å². The summed E-state index contributed by atoms with van der Waals surface area (Å²) >= 11 is 0. The third-order valence-corrected chi connectivity index (χ3v) is 1.87. The van der Waals surface area contributed by atoms with Crippen LogP contribution in [0.1, 0.15) is 12.8 Å². The standard InChI is InChI=1S/C6H11NO4S/c1-2-7-6(8)4-3-5-12(9,10)11/h2H,1,3-5H2,(H,7,8)(H,9,10,11). The highest BCUT2D eigenvalue weighted by Crippen LogP contribution is 1.93. The molecule has 0 aliphatic heterocycles. The molecule has 70 valence electrons. The lowest BCUT2D eigenvalue weighted by Crippen LogP contribution is -2.17. The van der Waals surface area contributed by atoms with Crippen LogP contribution in [-0.2, 0) is 14.9 Å². The molecule has 0 saturated carbocycles. The molecule has 0 spiro atoms. The van der Waals surface area contributed by atoms with Gasteiger partial charge in [-0.2, -0.15) is 8.42 Å². The lowest BCUT2D eigenvalue weighted by Gasteiger charge is -1.97. The number of amides is 1. The van der Waals surface area contributed by atoms with Crippen LogP contribution in [0.5, 0.6) is 0 Å². The number of hydrogen-bond donors (Lipinski definition) is 2. The largest absolute Gasteiger partial charge is 0.333 e. The minimum atomic E-state index is -3.94. The molecule has 0 unspecified atom stereocenters. The van der Waals surface area contributed by atoms with Crippen molar-refractivity contribution in [1.29, 1.82) is 0 Å². The third kappa shape index (κ3) is 7.23. The first-order valence-corrected chi connectivity index (χ1v) is 4.92. The summed E-state index contributed by atoms with van der Waals surface area (Å²) in [5.41, 5.74) is 0. The predicted octanol–water partition coefficient (Wildman–Crippen LogP) is -0.0859. The van der Waals surface area contributed by atoms with Crippen LogP contribution in [0.15, 0.2) is 12.8 Å². The van der Waals surface area contributed by atoms with Gasteiger partial charge in [-0.3, -0.25) is 9.35 Å². The van der Waals surface area contributed by atoms with E-state index in [0.29, 0.717) is 0 Å². The van der Waals surface area contributed by atoms with Crippen molar-refractivity contribution in [2.45, 2.75) is 12.8 Å². The summed E-state index contributed by atoms with van der Waals surface area (Å²) in [5.74, 6) is -0.703. The molecule has 0 heterocycles. The van der Waals surface area contributed by atoms with Crippen LogP contribution in [-0.4, -0.2) is 24.6 Å². The summed E-state index contributed by atoms with van der Waals surface area (Å²) in [7, 11) is -3.94. The highest BCUT2D eigenvalue weighted by atomic mass is 32.2. The molecule has 0 aromatic rings. The molecule has 1 amide bonds. The summed E-state index contributed by atoms with van der Waals surface area (Å²) in [4.78, 5) is 10.7. The normalized spacial score (nSPS) is 10.8. The van der Waals surface area contributed by atoms with E-state index in [1.165, 1.54) is 6.20 Å². The van der Waals surface area contributed by atoms with E-state index in [4.69, 9.17) is 4.55 Å². The molecule has 0 rings (SSSR count). The van der Waals surface area contributed by atoms with Gasteiger partial charge in [-0.25, -0.2) is 0 Å². The van der Waals surface area contributed by atoms with Gasteiger partial charge in [-0.15, -0.1) is 0 Å². The Labute approximate surface area is 71.2 Å². The van der Waals surface area contributed by atoms with Crippen molar-refractivity contribution in [3.8, 4) is 0 Å². The Hall–Kier alpha value is -0.880. The van der Waals surface area contributed by atoms with Gasteiger partial charge in [0.2, 0.25) is 5.91 Å². The summed E-state index contributed by atoms with van der Waals surface area (Å²) in [6.07, 6.45) is 1.39. The van der Waals surface area contributed by atoms with Crippen LogP contribution in [0, 0.1) is 0 Å². The van der Waals surface area contributed by atoms with Crippen molar-refractivity contribution < 1.29 is 17.8 Å². The maximum Gasteiger partial charge on any atom is 0.264 e. The second-order valence-corrected chi connectivity index (χ2v) is 3.73. The van der Waals surface area contributed by atoms with E-state index in [0.717, 1.165) is 0 Å². The van der Waals surface area contributed by atoms with Crippen LogP contribution in [0.3, 0.4) is 0 Å². The third-order valence-electron chi connectivity index (χ3n) is 1.07. The van der Waals surface area contributed by atoms with Crippen molar-refractivity contribution in [1.82, 2.24) is 5.32 Å². The molecule has 0 aliphatic carbocycles. The van der Waals surface area contributed by atoms with Gasteiger partial charge in [0.05, 0.1) is 5.75 Å². The molecule has 0 aromatic heterocycles. The van der Waals surface area contributed by atoms with Crippen LogP contribution in [0.2, 0.25) is 0 Å². The van der Waals surface area contributed by atoms with E-state index in [-0.39, 0.29) is 18.7 Å². The average molecular weight is 193 g/mol. The summed E-state index contributed by atoms with van der Waals surface area (Å²) in [5, 5.41) is 2.28. The topological polar surface area (TPSA) is 83.5 Å². The van der Waals surface area contributed by atoms with Crippen LogP contribution < -0.4 is 5.32 Å². The van der Waals surface area contributed by atoms with Gasteiger partial charge in [-0.1, -0.05) is 6.58 Å². The average Bonchev–Trinajstić information content (AvgIpc) is 1.84. The van der Waals surface area contributed by atoms with Crippen molar-refractivity contribution in [3.05, 3.63) is 12.8 Å². The van der Waals surface area contributed by atoms with Gasteiger partial charge in [0.15, 0.2) is 0 Å². The first-order valence-electron chi connectivity index (χ1n) is 3.31. The van der Waals surface area contributed by atoms with Crippen LogP contribution >= 0.6 is 0 Å². The lowest BCUT2D eigenvalue weighted by atomic mass is 10.3. The van der Waals surface area contributed by atoms with Gasteiger partial charge in [0.1, 0.15) is 0 Å². The second-order valence-electron chi connectivity index (χ2n) is 2.16. The quantitative estimate of drug-likeness (QED) is 0.598. The maximum atomic E-state index is 10.7. The van der Waals surface area contributed by atoms with Gasteiger partial charge in [-0.05, 0) is 12.6 Å². The molecule has 0 fully saturated rings. The Bertz CT molecular complexity index is 257. The van der Waals surface area contributed by atoms with Crippen molar-refractivity contribution in [2.75, 3.05) is 5.75 Å². The molecule has 5 nitrogen and oxygen atoms in total. The fraction of sp³-hybridized carbons (Fsp3) is 0.500. The first-order chi connectivity index (χ1) is 5.45. The second kappa shape index (κ2) is 4.89. The molecule has 0 aliphatic rings. The minimum absolute atomic E-state index is 0.0613. The Morgan fingerprint density at radius 2 is 2.17 bits per heavy atom.